The molecule has 1 fully saturated rings. The lowest BCUT2D eigenvalue weighted by atomic mass is 10.1. The van der Waals surface area contributed by atoms with E-state index in [0.29, 0.717) is 11.7 Å². The van der Waals surface area contributed by atoms with E-state index in [2.05, 4.69) is 39.2 Å². The number of hydrogen-bond donors (Lipinski definition) is 2. The van der Waals surface area contributed by atoms with E-state index in [4.69, 9.17) is 17.0 Å². The van der Waals surface area contributed by atoms with Crippen LogP contribution in [0.15, 0.2) is 53.3 Å². The van der Waals surface area contributed by atoms with Gasteiger partial charge in [-0.2, -0.15) is 0 Å². The highest BCUT2D eigenvalue weighted by Crippen LogP contribution is 2.19. The number of morpholine rings is 1. The highest BCUT2D eigenvalue weighted by molar-refractivity contribution is 7.80. The molecule has 0 radical (unpaired) electrons. The van der Waals surface area contributed by atoms with Gasteiger partial charge in [0, 0.05) is 37.4 Å². The predicted octanol–water partition coefficient (Wildman–Crippen LogP) is 4.32. The number of rotatable bonds is 8. The van der Waals surface area contributed by atoms with E-state index in [1.807, 2.05) is 43.3 Å². The summed E-state index contributed by atoms with van der Waals surface area (Å²) >= 11 is 5.86. The average Bonchev–Trinajstić information content (AvgIpc) is 2.85. The van der Waals surface area contributed by atoms with E-state index >= 15 is 0 Å². The number of anilines is 1. The Hall–Kier alpha value is -2.74. The Labute approximate surface area is 206 Å². The molecule has 6 nitrogen and oxygen atoms in total. The van der Waals surface area contributed by atoms with Crippen molar-refractivity contribution in [2.75, 3.05) is 44.7 Å². The average molecular weight is 479 g/mol. The van der Waals surface area contributed by atoms with Gasteiger partial charge in [0.25, 0.3) is 5.56 Å². The molecule has 0 bridgehead atoms. The van der Waals surface area contributed by atoms with Crippen molar-refractivity contribution in [2.45, 2.75) is 33.2 Å². The number of para-hydroxylation sites is 2. The summed E-state index contributed by atoms with van der Waals surface area (Å²) in [6.45, 7) is 9.90. The van der Waals surface area contributed by atoms with Gasteiger partial charge >= 0.3 is 0 Å². The Bertz CT molecular complexity index is 1190. The molecule has 2 heterocycles. The minimum Gasteiger partial charge on any atom is -0.379 e. The minimum absolute atomic E-state index is 0.0586. The molecule has 0 saturated carbocycles. The predicted molar refractivity (Wildman–Crippen MR) is 144 cm³/mol. The van der Waals surface area contributed by atoms with Crippen LogP contribution in [0.4, 0.5) is 5.69 Å². The molecule has 7 heteroatoms. The normalized spacial score (nSPS) is 14.3. The van der Waals surface area contributed by atoms with Gasteiger partial charge in [0.2, 0.25) is 0 Å². The van der Waals surface area contributed by atoms with Crippen LogP contribution in [0.2, 0.25) is 0 Å². The van der Waals surface area contributed by atoms with Gasteiger partial charge in [-0.15, -0.1) is 0 Å². The number of benzene rings is 2. The van der Waals surface area contributed by atoms with Gasteiger partial charge in [-0.05, 0) is 60.6 Å². The molecule has 2 N–H and O–H groups in total. The third-order valence-corrected chi connectivity index (χ3v) is 6.82. The summed E-state index contributed by atoms with van der Waals surface area (Å²) in [5.74, 6) is 0. The first-order valence-corrected chi connectivity index (χ1v) is 12.5. The van der Waals surface area contributed by atoms with Crippen LogP contribution >= 0.6 is 12.2 Å². The zero-order chi connectivity index (χ0) is 23.9. The molecule has 0 spiro atoms. The number of H-pyrrole nitrogens is 1. The smallest absolute Gasteiger partial charge is 0.253 e. The number of nitrogens with one attached hydrogen (secondary N) is 2. The topological polar surface area (TPSA) is 60.6 Å². The van der Waals surface area contributed by atoms with Crippen molar-refractivity contribution in [1.82, 2.24) is 14.8 Å². The fourth-order valence-corrected chi connectivity index (χ4v) is 4.72. The lowest BCUT2D eigenvalue weighted by molar-refractivity contribution is 0.0367. The molecule has 180 valence electrons. The summed E-state index contributed by atoms with van der Waals surface area (Å²) < 4.78 is 5.47. The molecule has 0 aliphatic carbocycles. The maximum Gasteiger partial charge on any atom is 0.253 e. The SMILES string of the molecule is CCc1ccccc1NC(=S)N(CCCN1CCOCC1)Cc1cc2cccc(C)c2[nH]c1=O. The largest absolute Gasteiger partial charge is 0.379 e. The number of hydrogen-bond acceptors (Lipinski definition) is 4. The maximum atomic E-state index is 13.0. The van der Waals surface area contributed by atoms with Crippen molar-refractivity contribution in [3.05, 3.63) is 75.6 Å². The first kappa shape index (κ1) is 24.4. The molecule has 1 saturated heterocycles. The van der Waals surface area contributed by atoms with Crippen molar-refractivity contribution < 1.29 is 4.74 Å². The summed E-state index contributed by atoms with van der Waals surface area (Å²) in [6.07, 6.45) is 1.88. The van der Waals surface area contributed by atoms with Crippen LogP contribution in [0, 0.1) is 6.92 Å². The molecule has 2 aromatic carbocycles. The Morgan fingerprint density at radius 2 is 1.94 bits per heavy atom. The van der Waals surface area contributed by atoms with Gasteiger partial charge in [0.15, 0.2) is 5.11 Å². The van der Waals surface area contributed by atoms with E-state index in [0.717, 1.165) is 80.0 Å². The number of aryl methyl sites for hydroxylation is 2. The van der Waals surface area contributed by atoms with E-state index in [9.17, 15) is 4.79 Å². The van der Waals surface area contributed by atoms with Gasteiger partial charge < -0.3 is 19.9 Å². The monoisotopic (exact) mass is 478 g/mol. The molecule has 1 aromatic heterocycles. The van der Waals surface area contributed by atoms with Crippen molar-refractivity contribution in [2.24, 2.45) is 0 Å². The second-order valence-corrected chi connectivity index (χ2v) is 9.22. The zero-order valence-corrected chi connectivity index (χ0v) is 20.9. The summed E-state index contributed by atoms with van der Waals surface area (Å²) in [7, 11) is 0. The van der Waals surface area contributed by atoms with Crippen molar-refractivity contribution in [1.29, 1.82) is 0 Å². The first-order chi connectivity index (χ1) is 16.5. The lowest BCUT2D eigenvalue weighted by Crippen LogP contribution is -2.40. The Kier molecular flexibility index (Phi) is 8.32. The second-order valence-electron chi connectivity index (χ2n) is 8.83. The summed E-state index contributed by atoms with van der Waals surface area (Å²) in [6, 6.07) is 16.3. The Morgan fingerprint density at radius 3 is 2.74 bits per heavy atom. The van der Waals surface area contributed by atoms with Crippen molar-refractivity contribution in [3.63, 3.8) is 0 Å². The molecule has 34 heavy (non-hydrogen) atoms. The molecule has 3 aromatic rings. The molecule has 1 aliphatic rings. The van der Waals surface area contributed by atoms with Crippen molar-refractivity contribution >= 4 is 33.9 Å². The quantitative estimate of drug-likeness (QED) is 0.470. The number of aromatic amines is 1. The molecule has 4 rings (SSSR count). The van der Waals surface area contributed by atoms with Crippen LogP contribution < -0.4 is 10.9 Å². The maximum absolute atomic E-state index is 13.0. The third-order valence-electron chi connectivity index (χ3n) is 6.46. The third kappa shape index (κ3) is 6.03. The summed E-state index contributed by atoms with van der Waals surface area (Å²) in [5, 5.41) is 5.13. The molecule has 0 amide bonds. The summed E-state index contributed by atoms with van der Waals surface area (Å²) in [5.41, 5.74) is 4.87. The fourth-order valence-electron chi connectivity index (χ4n) is 4.46. The van der Waals surface area contributed by atoms with Crippen LogP contribution in [-0.2, 0) is 17.7 Å². The highest BCUT2D eigenvalue weighted by Gasteiger charge is 2.16. The van der Waals surface area contributed by atoms with E-state index in [1.54, 1.807) is 0 Å². The van der Waals surface area contributed by atoms with Gasteiger partial charge in [-0.25, -0.2) is 0 Å². The van der Waals surface area contributed by atoms with E-state index in [1.165, 1.54) is 5.56 Å². The van der Waals surface area contributed by atoms with Gasteiger partial charge in [0.1, 0.15) is 0 Å². The fraction of sp³-hybridized carbons (Fsp3) is 0.407. The van der Waals surface area contributed by atoms with Crippen LogP contribution in [0.3, 0.4) is 0 Å². The highest BCUT2D eigenvalue weighted by atomic mass is 32.1. The molecule has 1 aliphatic heterocycles. The molecule has 0 unspecified atom stereocenters. The number of ether oxygens (including phenoxy) is 1. The number of pyridine rings is 1. The van der Waals surface area contributed by atoms with E-state index in [-0.39, 0.29) is 5.56 Å². The number of thiocarbonyl (C=S) groups is 1. The lowest BCUT2D eigenvalue weighted by Gasteiger charge is -2.30. The first-order valence-electron chi connectivity index (χ1n) is 12.1. The van der Waals surface area contributed by atoms with Crippen LogP contribution in [0.5, 0.6) is 0 Å². The van der Waals surface area contributed by atoms with Crippen molar-refractivity contribution in [3.8, 4) is 0 Å². The standard InChI is InChI=1S/C27H34N4O2S/c1-3-21-9-4-5-11-24(21)28-27(34)31(13-7-12-30-14-16-33-17-15-30)19-23-18-22-10-6-8-20(2)25(22)29-26(23)32/h4-6,8-11,18H,3,7,12-17,19H2,1-2H3,(H,28,34)(H,29,32). The van der Waals surface area contributed by atoms with Gasteiger partial charge in [-0.3, -0.25) is 9.69 Å². The number of nitrogens with zero attached hydrogens (tertiary/aromatic N) is 2. The van der Waals surface area contributed by atoms with Crippen LogP contribution in [-0.4, -0.2) is 59.3 Å². The molecule has 0 atom stereocenters. The van der Waals surface area contributed by atoms with Crippen LogP contribution in [0.25, 0.3) is 10.9 Å². The van der Waals surface area contributed by atoms with E-state index < -0.39 is 0 Å². The van der Waals surface area contributed by atoms with Crippen LogP contribution in [0.1, 0.15) is 30.0 Å². The zero-order valence-electron chi connectivity index (χ0n) is 20.1. The summed E-state index contributed by atoms with van der Waals surface area (Å²) in [4.78, 5) is 20.6. The van der Waals surface area contributed by atoms with Gasteiger partial charge in [-0.1, -0.05) is 43.3 Å². The molecular weight excluding hydrogens is 444 g/mol. The van der Waals surface area contributed by atoms with Gasteiger partial charge in [0.05, 0.1) is 25.3 Å². The molecular formula is C27H34N4O2S. The Morgan fingerprint density at radius 1 is 1.15 bits per heavy atom. The number of fused-ring (bicyclic) bond motifs is 1. The minimum atomic E-state index is -0.0586. The second kappa shape index (κ2) is 11.6. The number of aromatic nitrogens is 1. The Balaban J connectivity index is 1.54.